The third-order valence-electron chi connectivity index (χ3n) is 5.31. The lowest BCUT2D eigenvalue weighted by Crippen LogP contribution is -2.51. The number of nitrogens with one attached hydrogen (secondary N) is 1. The highest BCUT2D eigenvalue weighted by Crippen LogP contribution is 2.24. The van der Waals surface area contributed by atoms with Crippen LogP contribution in [0.1, 0.15) is 12.5 Å². The summed E-state index contributed by atoms with van der Waals surface area (Å²) in [5, 5.41) is 0. The lowest BCUT2D eigenvalue weighted by molar-refractivity contribution is -0.135. The zero-order chi connectivity index (χ0) is 24.7. The van der Waals surface area contributed by atoms with Crippen LogP contribution in [0, 0.1) is 6.92 Å². The second-order valence-electron chi connectivity index (χ2n) is 7.62. The molecule has 1 heterocycles. The first-order chi connectivity index (χ1) is 16.2. The van der Waals surface area contributed by atoms with Crippen LogP contribution in [-0.4, -0.2) is 76.7 Å². The SMILES string of the molecule is CCOC(=O)N1CCN(C(=O)COc2ccc(S(=O)(=O)Nc3ccc(OC)cc3)cc2C)CC1. The minimum Gasteiger partial charge on any atom is -0.497 e. The molecule has 3 rings (SSSR count). The highest BCUT2D eigenvalue weighted by atomic mass is 32.2. The van der Waals surface area contributed by atoms with E-state index in [4.69, 9.17) is 14.2 Å². The smallest absolute Gasteiger partial charge is 0.409 e. The molecule has 1 aliphatic heterocycles. The maximum Gasteiger partial charge on any atom is 0.409 e. The van der Waals surface area contributed by atoms with Crippen molar-refractivity contribution in [2.24, 2.45) is 0 Å². The van der Waals surface area contributed by atoms with Crippen LogP contribution in [0.5, 0.6) is 11.5 Å². The molecule has 0 unspecified atom stereocenters. The zero-order valence-electron chi connectivity index (χ0n) is 19.4. The number of anilines is 1. The fraction of sp³-hybridized carbons (Fsp3) is 0.391. The summed E-state index contributed by atoms with van der Waals surface area (Å²) in [5.41, 5.74) is 0.991. The molecule has 184 valence electrons. The van der Waals surface area contributed by atoms with Crippen molar-refractivity contribution in [3.8, 4) is 11.5 Å². The van der Waals surface area contributed by atoms with Crippen LogP contribution < -0.4 is 14.2 Å². The van der Waals surface area contributed by atoms with Gasteiger partial charge >= 0.3 is 6.09 Å². The van der Waals surface area contributed by atoms with Crippen LogP contribution >= 0.6 is 0 Å². The molecular formula is C23H29N3O7S. The molecule has 0 aromatic heterocycles. The quantitative estimate of drug-likeness (QED) is 0.603. The van der Waals surface area contributed by atoms with E-state index in [1.165, 1.54) is 25.3 Å². The molecule has 1 N–H and O–H groups in total. The van der Waals surface area contributed by atoms with Crippen LogP contribution in [0.4, 0.5) is 10.5 Å². The second-order valence-corrected chi connectivity index (χ2v) is 9.30. The number of hydrogen-bond donors (Lipinski definition) is 1. The van der Waals surface area contributed by atoms with Crippen LogP contribution in [0.2, 0.25) is 0 Å². The van der Waals surface area contributed by atoms with Crippen LogP contribution in [-0.2, 0) is 19.6 Å². The van der Waals surface area contributed by atoms with E-state index in [2.05, 4.69) is 4.72 Å². The molecule has 2 amide bonds. The Morgan fingerprint density at radius 3 is 2.24 bits per heavy atom. The van der Waals surface area contributed by atoms with Gasteiger partial charge in [0.25, 0.3) is 15.9 Å². The second kappa shape index (κ2) is 11.1. The molecule has 11 heteroatoms. The van der Waals surface area contributed by atoms with E-state index in [1.807, 2.05) is 0 Å². The molecule has 2 aromatic rings. The minimum atomic E-state index is -3.80. The molecule has 1 fully saturated rings. The first-order valence-electron chi connectivity index (χ1n) is 10.8. The molecule has 0 spiro atoms. The maximum atomic E-state index is 12.7. The van der Waals surface area contributed by atoms with E-state index in [-0.39, 0.29) is 23.5 Å². The van der Waals surface area contributed by atoms with Gasteiger partial charge in [-0.05, 0) is 61.9 Å². The van der Waals surface area contributed by atoms with Crippen molar-refractivity contribution in [3.05, 3.63) is 48.0 Å². The normalized spacial score (nSPS) is 13.9. The van der Waals surface area contributed by atoms with Gasteiger partial charge in [-0.15, -0.1) is 0 Å². The molecule has 0 saturated carbocycles. The van der Waals surface area contributed by atoms with Crippen molar-refractivity contribution in [2.75, 3.05) is 51.2 Å². The highest BCUT2D eigenvalue weighted by molar-refractivity contribution is 7.92. The highest BCUT2D eigenvalue weighted by Gasteiger charge is 2.25. The zero-order valence-corrected chi connectivity index (χ0v) is 20.3. The number of carbonyl (C=O) groups is 2. The van der Waals surface area contributed by atoms with Gasteiger partial charge in [0, 0.05) is 31.9 Å². The van der Waals surface area contributed by atoms with Crippen molar-refractivity contribution in [3.63, 3.8) is 0 Å². The number of rotatable bonds is 8. The fourth-order valence-electron chi connectivity index (χ4n) is 3.41. The average Bonchev–Trinajstić information content (AvgIpc) is 2.83. The van der Waals surface area contributed by atoms with Gasteiger partial charge in [-0.1, -0.05) is 0 Å². The lowest BCUT2D eigenvalue weighted by atomic mass is 10.2. The molecule has 0 radical (unpaired) electrons. The van der Waals surface area contributed by atoms with Crippen molar-refractivity contribution in [1.82, 2.24) is 9.80 Å². The molecule has 0 bridgehead atoms. The average molecular weight is 492 g/mol. The van der Waals surface area contributed by atoms with Gasteiger partial charge < -0.3 is 24.0 Å². The van der Waals surface area contributed by atoms with Crippen molar-refractivity contribution in [2.45, 2.75) is 18.7 Å². The Morgan fingerprint density at radius 1 is 1.00 bits per heavy atom. The van der Waals surface area contributed by atoms with Crippen LogP contribution in [0.15, 0.2) is 47.4 Å². The number of amides is 2. The topological polar surface area (TPSA) is 114 Å². The van der Waals surface area contributed by atoms with Gasteiger partial charge in [-0.3, -0.25) is 9.52 Å². The summed E-state index contributed by atoms with van der Waals surface area (Å²) in [6, 6.07) is 11.0. The van der Waals surface area contributed by atoms with E-state index in [0.717, 1.165) is 0 Å². The number of piperazine rings is 1. The Hall–Kier alpha value is -3.47. The van der Waals surface area contributed by atoms with Gasteiger partial charge in [0.15, 0.2) is 6.61 Å². The van der Waals surface area contributed by atoms with Crippen molar-refractivity contribution in [1.29, 1.82) is 0 Å². The van der Waals surface area contributed by atoms with Gasteiger partial charge in [-0.2, -0.15) is 0 Å². The van der Waals surface area contributed by atoms with Crippen LogP contribution in [0.25, 0.3) is 0 Å². The van der Waals surface area contributed by atoms with E-state index < -0.39 is 10.0 Å². The third kappa shape index (κ3) is 6.31. The summed E-state index contributed by atoms with van der Waals surface area (Å²) in [7, 11) is -2.27. The molecular weight excluding hydrogens is 462 g/mol. The van der Waals surface area contributed by atoms with Gasteiger partial charge in [0.2, 0.25) is 0 Å². The van der Waals surface area contributed by atoms with E-state index >= 15 is 0 Å². The predicted octanol–water partition coefficient (Wildman–Crippen LogP) is 2.48. The third-order valence-corrected chi connectivity index (χ3v) is 6.69. The Balaban J connectivity index is 1.55. The number of ether oxygens (including phenoxy) is 3. The van der Waals surface area contributed by atoms with Crippen LogP contribution in [0.3, 0.4) is 0 Å². The number of nitrogens with zero attached hydrogens (tertiary/aromatic N) is 2. The van der Waals surface area contributed by atoms with E-state index in [9.17, 15) is 18.0 Å². The Morgan fingerprint density at radius 2 is 1.65 bits per heavy atom. The number of methoxy groups -OCH3 is 1. The summed E-state index contributed by atoms with van der Waals surface area (Å²) < 4.78 is 43.7. The standard InChI is InChI=1S/C23H29N3O7S/c1-4-32-23(28)26-13-11-25(12-14-26)22(27)16-33-21-10-9-20(15-17(21)2)34(29,30)24-18-5-7-19(31-3)8-6-18/h5-10,15,24H,4,11-14,16H2,1-3H3. The molecule has 0 aliphatic carbocycles. The summed E-state index contributed by atoms with van der Waals surface area (Å²) >= 11 is 0. The van der Waals surface area contributed by atoms with Gasteiger partial charge in [-0.25, -0.2) is 13.2 Å². The Bertz CT molecular complexity index is 1110. The Kier molecular flexibility index (Phi) is 8.21. The van der Waals surface area contributed by atoms with Gasteiger partial charge in [0.05, 0.1) is 18.6 Å². The number of sulfonamides is 1. The number of hydrogen-bond acceptors (Lipinski definition) is 7. The van der Waals surface area contributed by atoms with Crippen molar-refractivity contribution < 1.29 is 32.2 Å². The Labute approximate surface area is 199 Å². The van der Waals surface area contributed by atoms with Crippen molar-refractivity contribution >= 4 is 27.7 Å². The lowest BCUT2D eigenvalue weighted by Gasteiger charge is -2.34. The largest absolute Gasteiger partial charge is 0.497 e. The summed E-state index contributed by atoms with van der Waals surface area (Å²) in [6.07, 6.45) is -0.377. The molecule has 34 heavy (non-hydrogen) atoms. The molecule has 1 saturated heterocycles. The van der Waals surface area contributed by atoms with Gasteiger partial charge in [0.1, 0.15) is 11.5 Å². The first kappa shape index (κ1) is 25.2. The molecule has 2 aromatic carbocycles. The monoisotopic (exact) mass is 491 g/mol. The molecule has 1 aliphatic rings. The van der Waals surface area contributed by atoms with E-state index in [1.54, 1.807) is 47.9 Å². The summed E-state index contributed by atoms with van der Waals surface area (Å²) in [6.45, 7) is 5.18. The fourth-order valence-corrected chi connectivity index (χ4v) is 4.55. The predicted molar refractivity (Wildman–Crippen MR) is 126 cm³/mol. The number of benzene rings is 2. The molecule has 0 atom stereocenters. The molecule has 10 nitrogen and oxygen atoms in total. The van der Waals surface area contributed by atoms with E-state index in [0.29, 0.717) is 55.5 Å². The minimum absolute atomic E-state index is 0.0783. The summed E-state index contributed by atoms with van der Waals surface area (Å²) in [5.74, 6) is 0.832. The summed E-state index contributed by atoms with van der Waals surface area (Å²) in [4.78, 5) is 27.6. The maximum absolute atomic E-state index is 12.7. The number of carbonyl (C=O) groups excluding carboxylic acids is 2. The first-order valence-corrected chi connectivity index (χ1v) is 12.3. The number of aryl methyl sites for hydroxylation is 1.